The predicted molar refractivity (Wildman–Crippen MR) is 80.9 cm³/mol. The lowest BCUT2D eigenvalue weighted by atomic mass is 9.95. The lowest BCUT2D eigenvalue weighted by molar-refractivity contribution is 0.0209. The average molecular weight is 281 g/mol. The Kier molecular flexibility index (Phi) is 4.36. The van der Waals surface area contributed by atoms with Crippen LogP contribution in [0, 0.1) is 0 Å². The highest BCUT2D eigenvalue weighted by Crippen LogP contribution is 2.28. The van der Waals surface area contributed by atoms with Gasteiger partial charge in [0.15, 0.2) is 0 Å². The van der Waals surface area contributed by atoms with E-state index >= 15 is 0 Å². The minimum Gasteiger partial charge on any atom is -0.377 e. The number of aromatic nitrogens is 2. The van der Waals surface area contributed by atoms with E-state index in [1.807, 2.05) is 0 Å². The number of nitrogens with one attached hydrogen (secondary N) is 1. The first-order chi connectivity index (χ1) is 8.90. The van der Waals surface area contributed by atoms with E-state index in [9.17, 15) is 0 Å². The van der Waals surface area contributed by atoms with Crippen LogP contribution < -0.4 is 5.32 Å². The number of hydrogen-bond donors (Lipinski definition) is 1. The minimum absolute atomic E-state index is 0.0410. The van der Waals surface area contributed by atoms with E-state index in [0.717, 1.165) is 30.5 Å². The molecular weight excluding hydrogens is 258 g/mol. The summed E-state index contributed by atoms with van der Waals surface area (Å²) in [7, 11) is 0. The maximum atomic E-state index is 5.19. The number of rotatable bonds is 4. The molecule has 0 radical (unpaired) electrons. The molecule has 2 heterocycles. The fraction of sp³-hybridized carbons (Fsp3) is 0.714. The number of nitrogens with zero attached hydrogens (tertiary/aromatic N) is 2. The van der Waals surface area contributed by atoms with Crippen LogP contribution in [0.15, 0.2) is 6.07 Å². The van der Waals surface area contributed by atoms with Gasteiger partial charge in [-0.15, -0.1) is 0 Å². The Morgan fingerprint density at radius 3 is 2.53 bits per heavy atom. The molecule has 2 rings (SSSR count). The zero-order chi connectivity index (χ0) is 14.0. The van der Waals surface area contributed by atoms with E-state index in [0.29, 0.717) is 11.3 Å². The molecule has 1 aromatic rings. The van der Waals surface area contributed by atoms with Gasteiger partial charge in [-0.05, 0) is 13.2 Å². The molecule has 1 atom stereocenters. The zero-order valence-electron chi connectivity index (χ0n) is 12.4. The summed E-state index contributed by atoms with van der Waals surface area (Å²) in [5.74, 6) is 1.82. The predicted octanol–water partition coefficient (Wildman–Crippen LogP) is 3.01. The van der Waals surface area contributed by atoms with Crippen LogP contribution in [0.5, 0.6) is 0 Å². The number of hydrogen-bond acceptors (Lipinski definition) is 5. The SMILES string of the molecule is CSC(C)c1cc(NC2COC2)nc(C(C)(C)C)n1. The fourth-order valence-corrected chi connectivity index (χ4v) is 2.09. The number of ether oxygens (including phenoxy) is 1. The summed E-state index contributed by atoms with van der Waals surface area (Å²) in [5, 5.41) is 3.80. The quantitative estimate of drug-likeness (QED) is 0.919. The molecule has 1 saturated heterocycles. The lowest BCUT2D eigenvalue weighted by Crippen LogP contribution is -2.40. The van der Waals surface area contributed by atoms with Crippen LogP contribution >= 0.6 is 11.8 Å². The molecule has 1 unspecified atom stereocenters. The molecule has 1 aliphatic rings. The van der Waals surface area contributed by atoms with Crippen molar-refractivity contribution in [1.29, 1.82) is 0 Å². The molecule has 0 bridgehead atoms. The third-order valence-corrected chi connectivity index (χ3v) is 4.13. The summed E-state index contributed by atoms with van der Waals surface area (Å²) in [4.78, 5) is 9.38. The van der Waals surface area contributed by atoms with Gasteiger partial charge >= 0.3 is 0 Å². The van der Waals surface area contributed by atoms with Crippen LogP contribution in [-0.2, 0) is 10.2 Å². The van der Waals surface area contributed by atoms with E-state index in [-0.39, 0.29) is 5.41 Å². The topological polar surface area (TPSA) is 47.0 Å². The first kappa shape index (κ1) is 14.6. The summed E-state index contributed by atoms with van der Waals surface area (Å²) in [6.07, 6.45) is 2.11. The van der Waals surface area contributed by atoms with Crippen molar-refractivity contribution in [3.8, 4) is 0 Å². The van der Waals surface area contributed by atoms with E-state index < -0.39 is 0 Å². The second-order valence-electron chi connectivity index (χ2n) is 6.01. The summed E-state index contributed by atoms with van der Waals surface area (Å²) >= 11 is 1.80. The molecule has 0 aliphatic carbocycles. The maximum Gasteiger partial charge on any atom is 0.136 e. The van der Waals surface area contributed by atoms with E-state index in [1.165, 1.54) is 0 Å². The van der Waals surface area contributed by atoms with Crippen LogP contribution in [-0.4, -0.2) is 35.5 Å². The number of anilines is 1. The van der Waals surface area contributed by atoms with E-state index in [4.69, 9.17) is 9.72 Å². The molecule has 0 spiro atoms. The molecule has 1 fully saturated rings. The Bertz CT molecular complexity index is 441. The molecule has 0 saturated carbocycles. The summed E-state index contributed by atoms with van der Waals surface area (Å²) in [6, 6.07) is 2.45. The van der Waals surface area contributed by atoms with Crippen molar-refractivity contribution in [3.05, 3.63) is 17.6 Å². The Hall–Kier alpha value is -0.810. The molecule has 106 valence electrons. The summed E-state index contributed by atoms with van der Waals surface area (Å²) in [6.45, 7) is 10.1. The number of thioether (sulfide) groups is 1. The lowest BCUT2D eigenvalue weighted by Gasteiger charge is -2.28. The molecule has 19 heavy (non-hydrogen) atoms. The van der Waals surface area contributed by atoms with Crippen molar-refractivity contribution >= 4 is 17.6 Å². The standard InChI is InChI=1S/C14H23N3OS/c1-9(19-5)11-6-12(15-10-7-18-8-10)17-13(16-11)14(2,3)4/h6,9-10H,7-8H2,1-5H3,(H,15,16,17). The second-order valence-corrected chi connectivity index (χ2v) is 7.19. The van der Waals surface area contributed by atoms with Crippen molar-refractivity contribution in [2.24, 2.45) is 0 Å². The Balaban J connectivity index is 2.30. The van der Waals surface area contributed by atoms with Gasteiger partial charge in [-0.25, -0.2) is 9.97 Å². The highest BCUT2D eigenvalue weighted by Gasteiger charge is 2.23. The molecular formula is C14H23N3OS. The molecule has 5 heteroatoms. The van der Waals surface area contributed by atoms with Crippen LogP contribution in [0.4, 0.5) is 5.82 Å². The average Bonchev–Trinajstić information content (AvgIpc) is 2.31. The van der Waals surface area contributed by atoms with E-state index in [2.05, 4.69) is 50.3 Å². The minimum atomic E-state index is -0.0410. The van der Waals surface area contributed by atoms with Crippen LogP contribution in [0.1, 0.15) is 44.5 Å². The zero-order valence-corrected chi connectivity index (χ0v) is 13.2. The molecule has 1 aliphatic heterocycles. The van der Waals surface area contributed by atoms with E-state index in [1.54, 1.807) is 11.8 Å². The molecule has 1 N–H and O–H groups in total. The van der Waals surface area contributed by atoms with Gasteiger partial charge in [-0.3, -0.25) is 0 Å². The van der Waals surface area contributed by atoms with Crippen LogP contribution in [0.25, 0.3) is 0 Å². The first-order valence-electron chi connectivity index (χ1n) is 6.66. The smallest absolute Gasteiger partial charge is 0.136 e. The van der Waals surface area contributed by atoms with Gasteiger partial charge in [0.1, 0.15) is 11.6 Å². The van der Waals surface area contributed by atoms with Gasteiger partial charge in [0.05, 0.1) is 24.9 Å². The second kappa shape index (κ2) is 5.67. The van der Waals surface area contributed by atoms with Crippen molar-refractivity contribution in [1.82, 2.24) is 9.97 Å². The largest absolute Gasteiger partial charge is 0.377 e. The molecule has 0 amide bonds. The van der Waals surface area contributed by atoms with Gasteiger partial charge in [-0.1, -0.05) is 20.8 Å². The van der Waals surface area contributed by atoms with Crippen molar-refractivity contribution in [2.45, 2.75) is 44.4 Å². The normalized spacial score (nSPS) is 17.9. The van der Waals surface area contributed by atoms with Crippen molar-refractivity contribution in [3.63, 3.8) is 0 Å². The van der Waals surface area contributed by atoms with Crippen molar-refractivity contribution < 1.29 is 4.74 Å². The van der Waals surface area contributed by atoms with Crippen LogP contribution in [0.2, 0.25) is 0 Å². The summed E-state index contributed by atoms with van der Waals surface area (Å²) < 4.78 is 5.19. The van der Waals surface area contributed by atoms with Gasteiger partial charge in [0, 0.05) is 16.7 Å². The third-order valence-electron chi connectivity index (χ3n) is 3.18. The first-order valence-corrected chi connectivity index (χ1v) is 7.95. The monoisotopic (exact) mass is 281 g/mol. The van der Waals surface area contributed by atoms with Gasteiger partial charge < -0.3 is 10.1 Å². The van der Waals surface area contributed by atoms with Crippen LogP contribution in [0.3, 0.4) is 0 Å². The Morgan fingerprint density at radius 1 is 1.37 bits per heavy atom. The Labute approximate surface area is 119 Å². The van der Waals surface area contributed by atoms with Crippen molar-refractivity contribution in [2.75, 3.05) is 24.8 Å². The van der Waals surface area contributed by atoms with Gasteiger partial charge in [-0.2, -0.15) is 11.8 Å². The molecule has 0 aromatic carbocycles. The summed E-state index contributed by atoms with van der Waals surface area (Å²) in [5.41, 5.74) is 1.05. The van der Waals surface area contributed by atoms with Gasteiger partial charge in [0.2, 0.25) is 0 Å². The molecule has 4 nitrogen and oxygen atoms in total. The highest BCUT2D eigenvalue weighted by atomic mass is 32.2. The molecule has 1 aromatic heterocycles. The Morgan fingerprint density at radius 2 is 2.05 bits per heavy atom. The van der Waals surface area contributed by atoms with Gasteiger partial charge in [0.25, 0.3) is 0 Å². The third kappa shape index (κ3) is 3.60. The maximum absolute atomic E-state index is 5.19. The fourth-order valence-electron chi connectivity index (χ4n) is 1.73. The highest BCUT2D eigenvalue weighted by molar-refractivity contribution is 7.98.